The molecule has 1 spiro atoms. The van der Waals surface area contributed by atoms with Crippen LogP contribution in [0.3, 0.4) is 0 Å². The molecule has 114 valence electrons. The van der Waals surface area contributed by atoms with Gasteiger partial charge < -0.3 is 9.64 Å². The molecule has 2 atom stereocenters. The topological polar surface area (TPSA) is 55.3 Å². The SMILES string of the molecule is CCC1COC2(CCN(C(=O)c3ncnc(C)c3C)C2)C1. The van der Waals surface area contributed by atoms with Gasteiger partial charge in [-0.2, -0.15) is 0 Å². The Balaban J connectivity index is 1.74. The summed E-state index contributed by atoms with van der Waals surface area (Å²) in [5.41, 5.74) is 2.17. The molecule has 5 nitrogen and oxygen atoms in total. The zero-order valence-corrected chi connectivity index (χ0v) is 13.1. The van der Waals surface area contributed by atoms with E-state index in [0.717, 1.165) is 43.7 Å². The largest absolute Gasteiger partial charge is 0.373 e. The molecule has 0 radical (unpaired) electrons. The van der Waals surface area contributed by atoms with Gasteiger partial charge in [0.1, 0.15) is 12.0 Å². The van der Waals surface area contributed by atoms with Gasteiger partial charge in [0, 0.05) is 17.8 Å². The smallest absolute Gasteiger partial charge is 0.272 e. The number of likely N-dealkylation sites (tertiary alicyclic amines) is 1. The van der Waals surface area contributed by atoms with Gasteiger partial charge in [0.15, 0.2) is 0 Å². The van der Waals surface area contributed by atoms with Crippen LogP contribution in [0.4, 0.5) is 0 Å². The lowest BCUT2D eigenvalue weighted by atomic mass is 9.92. The van der Waals surface area contributed by atoms with E-state index in [1.54, 1.807) is 0 Å². The Labute approximate surface area is 125 Å². The molecule has 3 heterocycles. The lowest BCUT2D eigenvalue weighted by Crippen LogP contribution is -2.36. The maximum atomic E-state index is 12.7. The van der Waals surface area contributed by atoms with Crippen LogP contribution < -0.4 is 0 Å². The van der Waals surface area contributed by atoms with Gasteiger partial charge in [-0.05, 0) is 32.6 Å². The number of carbonyl (C=O) groups is 1. The Kier molecular flexibility index (Phi) is 3.69. The highest BCUT2D eigenvalue weighted by Gasteiger charge is 2.46. The number of aromatic nitrogens is 2. The van der Waals surface area contributed by atoms with Crippen LogP contribution in [0.2, 0.25) is 0 Å². The summed E-state index contributed by atoms with van der Waals surface area (Å²) < 4.78 is 6.05. The summed E-state index contributed by atoms with van der Waals surface area (Å²) in [6, 6.07) is 0. The standard InChI is InChI=1S/C16H23N3O2/c1-4-13-7-16(21-8-13)5-6-19(9-16)15(20)14-11(2)12(3)17-10-18-14/h10,13H,4-9H2,1-3H3. The van der Waals surface area contributed by atoms with E-state index in [0.29, 0.717) is 18.2 Å². The number of rotatable bonds is 2. The highest BCUT2D eigenvalue weighted by atomic mass is 16.5. The number of nitrogens with zero attached hydrogens (tertiary/aromatic N) is 3. The number of hydrogen-bond donors (Lipinski definition) is 0. The minimum Gasteiger partial charge on any atom is -0.373 e. The van der Waals surface area contributed by atoms with Crippen molar-refractivity contribution in [2.45, 2.75) is 45.6 Å². The van der Waals surface area contributed by atoms with E-state index < -0.39 is 0 Å². The van der Waals surface area contributed by atoms with Crippen molar-refractivity contribution in [3.8, 4) is 0 Å². The molecule has 0 aromatic carbocycles. The van der Waals surface area contributed by atoms with E-state index >= 15 is 0 Å². The van der Waals surface area contributed by atoms with Crippen molar-refractivity contribution in [2.75, 3.05) is 19.7 Å². The molecule has 21 heavy (non-hydrogen) atoms. The van der Waals surface area contributed by atoms with E-state index in [9.17, 15) is 4.79 Å². The van der Waals surface area contributed by atoms with Crippen molar-refractivity contribution in [3.63, 3.8) is 0 Å². The van der Waals surface area contributed by atoms with Crippen molar-refractivity contribution in [1.82, 2.24) is 14.9 Å². The fourth-order valence-corrected chi connectivity index (χ4v) is 3.41. The number of carbonyl (C=O) groups excluding carboxylic acids is 1. The van der Waals surface area contributed by atoms with Crippen LogP contribution in [0.5, 0.6) is 0 Å². The monoisotopic (exact) mass is 289 g/mol. The van der Waals surface area contributed by atoms with Gasteiger partial charge in [-0.25, -0.2) is 9.97 Å². The molecule has 1 aromatic heterocycles. The van der Waals surface area contributed by atoms with E-state index in [1.165, 1.54) is 6.33 Å². The zero-order chi connectivity index (χ0) is 15.0. The fourth-order valence-electron chi connectivity index (χ4n) is 3.41. The van der Waals surface area contributed by atoms with Crippen molar-refractivity contribution < 1.29 is 9.53 Å². The Morgan fingerprint density at radius 2 is 2.29 bits per heavy atom. The molecule has 2 fully saturated rings. The number of amides is 1. The summed E-state index contributed by atoms with van der Waals surface area (Å²) >= 11 is 0. The second kappa shape index (κ2) is 5.37. The third-order valence-corrected chi connectivity index (χ3v) is 5.01. The fraction of sp³-hybridized carbons (Fsp3) is 0.688. The van der Waals surface area contributed by atoms with E-state index in [4.69, 9.17) is 4.74 Å². The molecular weight excluding hydrogens is 266 g/mol. The summed E-state index contributed by atoms with van der Waals surface area (Å²) in [6.07, 6.45) is 4.65. The second-order valence-electron chi connectivity index (χ2n) is 6.38. The molecule has 1 amide bonds. The van der Waals surface area contributed by atoms with Crippen LogP contribution in [0.15, 0.2) is 6.33 Å². The molecular formula is C16H23N3O2. The van der Waals surface area contributed by atoms with E-state index in [1.807, 2.05) is 18.7 Å². The van der Waals surface area contributed by atoms with Crippen LogP contribution in [-0.4, -0.2) is 46.1 Å². The molecule has 2 aliphatic heterocycles. The van der Waals surface area contributed by atoms with Gasteiger partial charge in [-0.15, -0.1) is 0 Å². The van der Waals surface area contributed by atoms with Crippen molar-refractivity contribution in [3.05, 3.63) is 23.3 Å². The predicted octanol–water partition coefficient (Wildman–Crippen LogP) is 2.12. The Morgan fingerprint density at radius 3 is 3.00 bits per heavy atom. The first-order valence-electron chi connectivity index (χ1n) is 7.76. The molecule has 0 saturated carbocycles. The van der Waals surface area contributed by atoms with Crippen molar-refractivity contribution >= 4 is 5.91 Å². The highest BCUT2D eigenvalue weighted by molar-refractivity contribution is 5.94. The van der Waals surface area contributed by atoms with Crippen LogP contribution >= 0.6 is 0 Å². The van der Waals surface area contributed by atoms with Gasteiger partial charge >= 0.3 is 0 Å². The minimum atomic E-state index is -0.105. The third-order valence-electron chi connectivity index (χ3n) is 5.01. The van der Waals surface area contributed by atoms with Gasteiger partial charge in [0.2, 0.25) is 0 Å². The maximum Gasteiger partial charge on any atom is 0.272 e. The summed E-state index contributed by atoms with van der Waals surface area (Å²) in [5, 5.41) is 0. The van der Waals surface area contributed by atoms with Crippen LogP contribution in [0, 0.1) is 19.8 Å². The molecule has 1 aromatic rings. The molecule has 2 saturated heterocycles. The molecule has 0 bridgehead atoms. The number of ether oxygens (including phenoxy) is 1. The van der Waals surface area contributed by atoms with E-state index in [-0.39, 0.29) is 11.5 Å². The summed E-state index contributed by atoms with van der Waals surface area (Å²) in [7, 11) is 0. The Hall–Kier alpha value is -1.49. The third kappa shape index (κ3) is 2.55. The Bertz CT molecular complexity index is 560. The molecule has 5 heteroatoms. The molecule has 2 unspecified atom stereocenters. The molecule has 2 aliphatic rings. The number of aryl methyl sites for hydroxylation is 1. The molecule has 0 aliphatic carbocycles. The van der Waals surface area contributed by atoms with Gasteiger partial charge in [-0.3, -0.25) is 4.79 Å². The lowest BCUT2D eigenvalue weighted by Gasteiger charge is -2.23. The van der Waals surface area contributed by atoms with Crippen LogP contribution in [0.25, 0.3) is 0 Å². The number of hydrogen-bond acceptors (Lipinski definition) is 4. The normalized spacial score (nSPS) is 28.5. The average molecular weight is 289 g/mol. The lowest BCUT2D eigenvalue weighted by molar-refractivity contribution is 0.0115. The van der Waals surface area contributed by atoms with Crippen molar-refractivity contribution in [2.24, 2.45) is 5.92 Å². The summed E-state index contributed by atoms with van der Waals surface area (Å²) in [5.74, 6) is 0.654. The first-order valence-corrected chi connectivity index (χ1v) is 7.76. The first kappa shape index (κ1) is 14.4. The van der Waals surface area contributed by atoms with Crippen LogP contribution in [-0.2, 0) is 4.74 Å². The minimum absolute atomic E-state index is 0.0124. The molecule has 3 rings (SSSR count). The van der Waals surface area contributed by atoms with Gasteiger partial charge in [0.25, 0.3) is 5.91 Å². The summed E-state index contributed by atoms with van der Waals surface area (Å²) in [4.78, 5) is 22.9. The molecule has 0 N–H and O–H groups in total. The average Bonchev–Trinajstić information content (AvgIpc) is 3.09. The first-order chi connectivity index (χ1) is 10.0. The highest BCUT2D eigenvalue weighted by Crippen LogP contribution is 2.39. The van der Waals surface area contributed by atoms with Crippen molar-refractivity contribution in [1.29, 1.82) is 0 Å². The van der Waals surface area contributed by atoms with Crippen LogP contribution in [0.1, 0.15) is 47.9 Å². The van der Waals surface area contributed by atoms with E-state index in [2.05, 4.69) is 16.9 Å². The zero-order valence-electron chi connectivity index (χ0n) is 13.1. The maximum absolute atomic E-state index is 12.7. The second-order valence-corrected chi connectivity index (χ2v) is 6.38. The van der Waals surface area contributed by atoms with Gasteiger partial charge in [-0.1, -0.05) is 13.3 Å². The quantitative estimate of drug-likeness (QED) is 0.837. The predicted molar refractivity (Wildman–Crippen MR) is 79.1 cm³/mol. The van der Waals surface area contributed by atoms with Gasteiger partial charge in [0.05, 0.1) is 18.8 Å². The summed E-state index contributed by atoms with van der Waals surface area (Å²) in [6.45, 7) is 8.32. The Morgan fingerprint density at radius 1 is 1.48 bits per heavy atom.